The zero-order valence-corrected chi connectivity index (χ0v) is 17.8. The third kappa shape index (κ3) is 4.04. The Bertz CT molecular complexity index is 1050. The van der Waals surface area contributed by atoms with Crippen LogP contribution < -0.4 is 4.90 Å². The molecular formula is C24H27N5O2. The summed E-state index contributed by atoms with van der Waals surface area (Å²) in [5, 5.41) is 3.93. The molecular weight excluding hydrogens is 390 g/mol. The lowest BCUT2D eigenvalue weighted by Crippen LogP contribution is -2.44. The third-order valence-corrected chi connectivity index (χ3v) is 6.28. The molecule has 31 heavy (non-hydrogen) atoms. The quantitative estimate of drug-likeness (QED) is 0.633. The molecule has 3 heterocycles. The summed E-state index contributed by atoms with van der Waals surface area (Å²) in [6.07, 6.45) is 6.55. The van der Waals surface area contributed by atoms with Crippen LogP contribution in [0.25, 0.3) is 11.4 Å². The van der Waals surface area contributed by atoms with Crippen LogP contribution in [-0.4, -0.2) is 46.1 Å². The van der Waals surface area contributed by atoms with Crippen LogP contribution in [0.5, 0.6) is 0 Å². The van der Waals surface area contributed by atoms with Gasteiger partial charge in [-0.15, -0.1) is 0 Å². The van der Waals surface area contributed by atoms with Gasteiger partial charge in [0.05, 0.1) is 12.5 Å². The minimum Gasteiger partial charge on any atom is -0.364 e. The Balaban J connectivity index is 1.39. The van der Waals surface area contributed by atoms with Crippen LogP contribution in [0.3, 0.4) is 0 Å². The fourth-order valence-corrected chi connectivity index (χ4v) is 4.71. The highest BCUT2D eigenvalue weighted by Gasteiger charge is 2.31. The summed E-state index contributed by atoms with van der Waals surface area (Å²) in [6.45, 7) is 2.08. The fourth-order valence-electron chi connectivity index (χ4n) is 4.71. The van der Waals surface area contributed by atoms with Gasteiger partial charge in [-0.25, -0.2) is 9.97 Å². The molecule has 160 valence electrons. The molecule has 1 fully saturated rings. The molecule has 0 bridgehead atoms. The van der Waals surface area contributed by atoms with Crippen molar-refractivity contribution in [2.45, 2.75) is 38.6 Å². The molecule has 0 N–H and O–H groups in total. The van der Waals surface area contributed by atoms with Crippen molar-refractivity contribution in [3.8, 4) is 11.4 Å². The average molecular weight is 418 g/mol. The van der Waals surface area contributed by atoms with E-state index in [0.29, 0.717) is 13.1 Å². The largest absolute Gasteiger partial charge is 0.364 e. The Kier molecular flexibility index (Phi) is 5.40. The number of piperidine rings is 1. The van der Waals surface area contributed by atoms with Crippen molar-refractivity contribution in [3.63, 3.8) is 0 Å². The van der Waals surface area contributed by atoms with Crippen LogP contribution in [0.2, 0.25) is 0 Å². The van der Waals surface area contributed by atoms with E-state index in [2.05, 4.69) is 22.2 Å². The van der Waals surface area contributed by atoms with Gasteiger partial charge in [0.15, 0.2) is 5.82 Å². The standard InChI is InChI=1S/C24H27N5O2/c1-28(16-19-12-14-31-27-19)24(30)18-9-6-13-29(15-18)23-20-10-5-11-21(20)25-22(26-23)17-7-3-2-4-8-17/h2-4,7-8,12,14,18H,5-6,9-11,13,15-16H2,1H3/t18-/m1/s1. The van der Waals surface area contributed by atoms with E-state index in [4.69, 9.17) is 14.5 Å². The highest BCUT2D eigenvalue weighted by Crippen LogP contribution is 2.33. The first-order chi connectivity index (χ1) is 15.2. The van der Waals surface area contributed by atoms with Gasteiger partial charge in [0, 0.05) is 43.0 Å². The molecule has 0 radical (unpaired) electrons. The van der Waals surface area contributed by atoms with E-state index in [1.165, 1.54) is 17.5 Å². The Morgan fingerprint density at radius 2 is 2.03 bits per heavy atom. The predicted octanol–water partition coefficient (Wildman–Crippen LogP) is 3.50. The number of aryl methyl sites for hydroxylation is 1. The van der Waals surface area contributed by atoms with Crippen LogP contribution in [0.1, 0.15) is 36.2 Å². The second kappa shape index (κ2) is 8.49. The first kappa shape index (κ1) is 19.7. The number of hydrogen-bond donors (Lipinski definition) is 0. The summed E-state index contributed by atoms with van der Waals surface area (Å²) in [6, 6.07) is 12.0. The minimum atomic E-state index is -0.0437. The van der Waals surface area contributed by atoms with Gasteiger partial charge >= 0.3 is 0 Å². The second-order valence-corrected chi connectivity index (χ2v) is 8.49. The first-order valence-corrected chi connectivity index (χ1v) is 11.0. The highest BCUT2D eigenvalue weighted by atomic mass is 16.5. The molecule has 5 rings (SSSR count). The van der Waals surface area contributed by atoms with E-state index in [1.54, 1.807) is 11.0 Å². The number of fused-ring (bicyclic) bond motifs is 1. The Morgan fingerprint density at radius 3 is 2.84 bits per heavy atom. The SMILES string of the molecule is CN(Cc1ccon1)C(=O)[C@@H]1CCCN(c2nc(-c3ccccc3)nc3c2CCC3)C1. The normalized spacial score (nSPS) is 18.1. The molecule has 3 aromatic rings. The molecule has 1 amide bonds. The van der Waals surface area contributed by atoms with Crippen molar-refractivity contribution in [1.82, 2.24) is 20.0 Å². The molecule has 7 heteroatoms. The predicted molar refractivity (Wildman–Crippen MR) is 117 cm³/mol. The monoisotopic (exact) mass is 417 g/mol. The van der Waals surface area contributed by atoms with Gasteiger partial charge in [-0.1, -0.05) is 35.5 Å². The highest BCUT2D eigenvalue weighted by molar-refractivity contribution is 5.79. The van der Waals surface area contributed by atoms with E-state index < -0.39 is 0 Å². The number of rotatable bonds is 5. The molecule has 0 unspecified atom stereocenters. The number of hydrogen-bond acceptors (Lipinski definition) is 6. The molecule has 1 atom stereocenters. The van der Waals surface area contributed by atoms with Crippen LogP contribution in [-0.2, 0) is 24.2 Å². The first-order valence-electron chi connectivity index (χ1n) is 11.0. The number of aromatic nitrogens is 3. The number of carbonyl (C=O) groups excluding carboxylic acids is 1. The summed E-state index contributed by atoms with van der Waals surface area (Å²) >= 11 is 0. The van der Waals surface area contributed by atoms with E-state index in [-0.39, 0.29) is 11.8 Å². The number of anilines is 1. The van der Waals surface area contributed by atoms with Gasteiger partial charge in [-0.3, -0.25) is 4.79 Å². The van der Waals surface area contributed by atoms with Crippen LogP contribution >= 0.6 is 0 Å². The number of carbonyl (C=O) groups is 1. The maximum absolute atomic E-state index is 13.1. The maximum Gasteiger partial charge on any atom is 0.227 e. The van der Waals surface area contributed by atoms with Gasteiger partial charge in [-0.2, -0.15) is 0 Å². The third-order valence-electron chi connectivity index (χ3n) is 6.28. The molecule has 2 aromatic heterocycles. The molecule has 0 saturated carbocycles. The number of nitrogens with zero attached hydrogens (tertiary/aromatic N) is 5. The lowest BCUT2D eigenvalue weighted by Gasteiger charge is -2.35. The maximum atomic E-state index is 13.1. The van der Waals surface area contributed by atoms with Crippen LogP contribution in [0, 0.1) is 5.92 Å². The zero-order chi connectivity index (χ0) is 21.2. The average Bonchev–Trinajstić information content (AvgIpc) is 3.50. The van der Waals surface area contributed by atoms with Gasteiger partial charge in [0.2, 0.25) is 5.91 Å². The fraction of sp³-hybridized carbons (Fsp3) is 0.417. The minimum absolute atomic E-state index is 0.0437. The van der Waals surface area contributed by atoms with E-state index in [9.17, 15) is 4.79 Å². The Morgan fingerprint density at radius 1 is 1.16 bits per heavy atom. The van der Waals surface area contributed by atoms with Crippen molar-refractivity contribution in [1.29, 1.82) is 0 Å². The summed E-state index contributed by atoms with van der Waals surface area (Å²) in [5.41, 5.74) is 4.24. The molecule has 0 spiro atoms. The van der Waals surface area contributed by atoms with Crippen molar-refractivity contribution < 1.29 is 9.32 Å². The van der Waals surface area contributed by atoms with E-state index >= 15 is 0 Å². The van der Waals surface area contributed by atoms with Gasteiger partial charge in [0.25, 0.3) is 0 Å². The second-order valence-electron chi connectivity index (χ2n) is 8.49. The van der Waals surface area contributed by atoms with Gasteiger partial charge in [0.1, 0.15) is 17.8 Å². The number of amides is 1. The van der Waals surface area contributed by atoms with Crippen molar-refractivity contribution in [2.75, 3.05) is 25.0 Å². The Hall–Kier alpha value is -3.22. The summed E-state index contributed by atoms with van der Waals surface area (Å²) < 4.78 is 4.90. The van der Waals surface area contributed by atoms with Crippen molar-refractivity contribution >= 4 is 11.7 Å². The molecule has 1 saturated heterocycles. The summed E-state index contributed by atoms with van der Waals surface area (Å²) in [4.78, 5) is 27.1. The molecule has 7 nitrogen and oxygen atoms in total. The van der Waals surface area contributed by atoms with E-state index in [1.807, 2.05) is 25.2 Å². The van der Waals surface area contributed by atoms with Gasteiger partial charge in [-0.05, 0) is 32.1 Å². The lowest BCUT2D eigenvalue weighted by atomic mass is 9.96. The lowest BCUT2D eigenvalue weighted by molar-refractivity contribution is -0.135. The van der Waals surface area contributed by atoms with E-state index in [0.717, 1.165) is 61.5 Å². The summed E-state index contributed by atoms with van der Waals surface area (Å²) in [7, 11) is 1.84. The molecule has 1 aliphatic carbocycles. The summed E-state index contributed by atoms with van der Waals surface area (Å²) in [5.74, 6) is 1.92. The topological polar surface area (TPSA) is 75.4 Å². The van der Waals surface area contributed by atoms with Crippen LogP contribution in [0.15, 0.2) is 47.2 Å². The zero-order valence-electron chi connectivity index (χ0n) is 17.8. The molecule has 1 aromatic carbocycles. The van der Waals surface area contributed by atoms with Gasteiger partial charge < -0.3 is 14.3 Å². The smallest absolute Gasteiger partial charge is 0.227 e. The number of benzene rings is 1. The van der Waals surface area contributed by atoms with Crippen molar-refractivity contribution in [3.05, 3.63) is 59.6 Å². The molecule has 2 aliphatic rings. The van der Waals surface area contributed by atoms with Crippen LogP contribution in [0.4, 0.5) is 5.82 Å². The molecule has 1 aliphatic heterocycles. The van der Waals surface area contributed by atoms with Crippen molar-refractivity contribution in [2.24, 2.45) is 5.92 Å². The Labute approximate surface area is 182 Å².